The van der Waals surface area contributed by atoms with Gasteiger partial charge >= 0.3 is 0 Å². The van der Waals surface area contributed by atoms with Gasteiger partial charge in [-0.25, -0.2) is 4.39 Å². The summed E-state index contributed by atoms with van der Waals surface area (Å²) in [5.41, 5.74) is 1.55. The molecule has 40 heavy (non-hydrogen) atoms. The van der Waals surface area contributed by atoms with E-state index >= 15 is 0 Å². The zero-order valence-corrected chi connectivity index (χ0v) is 21.5. The number of hydrogen-bond donors (Lipinski definition) is 1. The number of rotatable bonds is 7. The van der Waals surface area contributed by atoms with Gasteiger partial charge in [0.05, 0.1) is 29.2 Å². The molecule has 10 nitrogen and oxygen atoms in total. The number of anilines is 2. The average Bonchev–Trinajstić information content (AvgIpc) is 3.48. The minimum atomic E-state index is -0.539. The van der Waals surface area contributed by atoms with Gasteiger partial charge in [0.1, 0.15) is 17.3 Å². The number of hydrogen-bond acceptors (Lipinski definition) is 7. The molecule has 1 N–H and O–H groups in total. The summed E-state index contributed by atoms with van der Waals surface area (Å²) in [4.78, 5) is 40.1. The Balaban J connectivity index is 1.20. The first-order valence-electron chi connectivity index (χ1n) is 12.5. The van der Waals surface area contributed by atoms with Crippen molar-refractivity contribution in [2.24, 2.45) is 0 Å². The highest BCUT2D eigenvalue weighted by atomic mass is 19.1. The topological polar surface area (TPSA) is 118 Å². The molecule has 1 aliphatic heterocycles. The lowest BCUT2D eigenvalue weighted by molar-refractivity contribution is -0.384. The summed E-state index contributed by atoms with van der Waals surface area (Å²) in [6, 6.07) is 20.5. The van der Waals surface area contributed by atoms with Crippen LogP contribution < -0.4 is 15.0 Å². The Morgan fingerprint density at radius 1 is 0.975 bits per heavy atom. The molecule has 204 valence electrons. The molecule has 1 aromatic heterocycles. The lowest BCUT2D eigenvalue weighted by Gasteiger charge is -2.36. The molecule has 0 unspecified atom stereocenters. The number of halogens is 1. The normalized spacial score (nSPS) is 13.2. The maximum Gasteiger partial charge on any atom is 0.291 e. The van der Waals surface area contributed by atoms with Crippen molar-refractivity contribution in [3.63, 3.8) is 0 Å². The lowest BCUT2D eigenvalue weighted by atomic mass is 10.1. The molecule has 1 fully saturated rings. The molecule has 1 aliphatic rings. The van der Waals surface area contributed by atoms with Gasteiger partial charge in [-0.3, -0.25) is 19.7 Å². The van der Waals surface area contributed by atoms with E-state index in [1.54, 1.807) is 35.2 Å². The van der Waals surface area contributed by atoms with Gasteiger partial charge in [0, 0.05) is 37.6 Å². The second-order valence-corrected chi connectivity index (χ2v) is 9.06. The van der Waals surface area contributed by atoms with Crippen LogP contribution in [-0.4, -0.2) is 54.9 Å². The van der Waals surface area contributed by atoms with E-state index in [0.29, 0.717) is 37.6 Å². The first kappa shape index (κ1) is 26.4. The van der Waals surface area contributed by atoms with Crippen molar-refractivity contribution in [2.75, 3.05) is 43.5 Å². The predicted molar refractivity (Wildman–Crippen MR) is 146 cm³/mol. The number of nitro benzene ring substituents is 1. The average molecular weight is 545 g/mol. The first-order chi connectivity index (χ1) is 19.3. The standard InChI is InChI=1S/C29H25FN4O6/c1-39-21-10-11-23(25(18-21)34(37)38)26-12-13-27(40-26)28(35)31-19-6-8-20(9-7-19)32-14-16-33(17-15-32)29(36)22-4-2-3-5-24(22)30/h2-13,18H,14-17H2,1H3,(H,31,35). The van der Waals surface area contributed by atoms with Gasteiger partial charge in [-0.05, 0) is 60.7 Å². The third kappa shape index (κ3) is 5.48. The summed E-state index contributed by atoms with van der Waals surface area (Å²) in [7, 11) is 1.42. The second kappa shape index (κ2) is 11.3. The molecule has 2 amide bonds. The molecule has 0 aliphatic carbocycles. The van der Waals surface area contributed by atoms with Gasteiger partial charge in [0.25, 0.3) is 17.5 Å². The number of amides is 2. The number of nitrogens with one attached hydrogen (secondary N) is 1. The summed E-state index contributed by atoms with van der Waals surface area (Å²) in [6.45, 7) is 2.08. The fraction of sp³-hybridized carbons (Fsp3) is 0.172. The van der Waals surface area contributed by atoms with Crippen molar-refractivity contribution in [2.45, 2.75) is 0 Å². The molecule has 0 atom stereocenters. The van der Waals surface area contributed by atoms with Crippen molar-refractivity contribution in [3.8, 4) is 17.1 Å². The summed E-state index contributed by atoms with van der Waals surface area (Å²) in [5.74, 6) is -0.835. The summed E-state index contributed by atoms with van der Waals surface area (Å²) in [6.07, 6.45) is 0. The van der Waals surface area contributed by atoms with Crippen molar-refractivity contribution >= 4 is 28.9 Å². The maximum atomic E-state index is 14.0. The minimum absolute atomic E-state index is 0.000153. The molecular weight excluding hydrogens is 519 g/mol. The molecule has 0 saturated carbocycles. The third-order valence-corrected chi connectivity index (χ3v) is 6.66. The van der Waals surface area contributed by atoms with Crippen LogP contribution in [0.3, 0.4) is 0 Å². The third-order valence-electron chi connectivity index (χ3n) is 6.66. The van der Waals surface area contributed by atoms with E-state index in [0.717, 1.165) is 5.69 Å². The van der Waals surface area contributed by atoms with E-state index < -0.39 is 16.6 Å². The van der Waals surface area contributed by atoms with Crippen LogP contribution in [0, 0.1) is 15.9 Å². The number of nitrogens with zero attached hydrogens (tertiary/aromatic N) is 3. The molecule has 0 spiro atoms. The predicted octanol–water partition coefficient (Wildman–Crippen LogP) is 5.22. The van der Waals surface area contributed by atoms with Crippen LogP contribution in [0.2, 0.25) is 0 Å². The van der Waals surface area contributed by atoms with Gasteiger partial charge in [-0.2, -0.15) is 0 Å². The fourth-order valence-electron chi connectivity index (χ4n) is 4.52. The SMILES string of the molecule is COc1ccc(-c2ccc(C(=O)Nc3ccc(N4CCN(C(=O)c5ccccc5F)CC4)cc3)o2)c([N+](=O)[O-])c1. The number of piperazine rings is 1. The first-order valence-corrected chi connectivity index (χ1v) is 12.5. The van der Waals surface area contributed by atoms with Crippen molar-refractivity contribution < 1.29 is 28.1 Å². The molecule has 2 heterocycles. The number of carbonyl (C=O) groups is 2. The Hall–Kier alpha value is -5.19. The summed E-state index contributed by atoms with van der Waals surface area (Å²) >= 11 is 0. The van der Waals surface area contributed by atoms with E-state index in [1.165, 1.54) is 43.5 Å². The van der Waals surface area contributed by atoms with Crippen LogP contribution in [0.25, 0.3) is 11.3 Å². The fourth-order valence-corrected chi connectivity index (χ4v) is 4.52. The number of carbonyl (C=O) groups excluding carboxylic acids is 2. The zero-order valence-electron chi connectivity index (χ0n) is 21.5. The van der Waals surface area contributed by atoms with Crippen LogP contribution >= 0.6 is 0 Å². The van der Waals surface area contributed by atoms with Crippen molar-refractivity contribution in [1.29, 1.82) is 0 Å². The second-order valence-electron chi connectivity index (χ2n) is 9.06. The van der Waals surface area contributed by atoms with Gasteiger partial charge in [-0.1, -0.05) is 12.1 Å². The van der Waals surface area contributed by atoms with Crippen LogP contribution in [0.5, 0.6) is 5.75 Å². The highest BCUT2D eigenvalue weighted by Gasteiger charge is 2.24. The maximum absolute atomic E-state index is 14.0. The molecule has 3 aromatic carbocycles. The lowest BCUT2D eigenvalue weighted by Crippen LogP contribution is -2.49. The van der Waals surface area contributed by atoms with E-state index in [1.807, 2.05) is 12.1 Å². The Morgan fingerprint density at radius 2 is 1.70 bits per heavy atom. The van der Waals surface area contributed by atoms with Crippen LogP contribution in [0.4, 0.5) is 21.5 Å². The number of methoxy groups -OCH3 is 1. The molecular formula is C29H25FN4O6. The van der Waals surface area contributed by atoms with E-state index in [9.17, 15) is 24.1 Å². The molecule has 0 bridgehead atoms. The Labute approximate surface area is 228 Å². The quantitative estimate of drug-likeness (QED) is 0.250. The molecule has 1 saturated heterocycles. The van der Waals surface area contributed by atoms with Crippen molar-refractivity contribution in [1.82, 2.24) is 4.90 Å². The zero-order chi connectivity index (χ0) is 28.2. The van der Waals surface area contributed by atoms with Crippen LogP contribution in [0.1, 0.15) is 20.9 Å². The highest BCUT2D eigenvalue weighted by molar-refractivity contribution is 6.02. The van der Waals surface area contributed by atoms with Crippen molar-refractivity contribution in [3.05, 3.63) is 106 Å². The molecule has 11 heteroatoms. The molecule has 4 aromatic rings. The number of nitro groups is 1. The van der Waals surface area contributed by atoms with Crippen LogP contribution in [-0.2, 0) is 0 Å². The molecule has 5 rings (SSSR count). The monoisotopic (exact) mass is 544 g/mol. The number of benzene rings is 3. The smallest absolute Gasteiger partial charge is 0.291 e. The largest absolute Gasteiger partial charge is 0.497 e. The number of ether oxygens (including phenoxy) is 1. The summed E-state index contributed by atoms with van der Waals surface area (Å²) in [5, 5.41) is 14.3. The van der Waals surface area contributed by atoms with Crippen LogP contribution in [0.15, 0.2) is 83.3 Å². The minimum Gasteiger partial charge on any atom is -0.497 e. The van der Waals surface area contributed by atoms with E-state index in [4.69, 9.17) is 9.15 Å². The summed E-state index contributed by atoms with van der Waals surface area (Å²) < 4.78 is 24.7. The van der Waals surface area contributed by atoms with Gasteiger partial charge < -0.3 is 24.3 Å². The number of furan rings is 1. The van der Waals surface area contributed by atoms with Gasteiger partial charge in [0.15, 0.2) is 5.76 Å². The van der Waals surface area contributed by atoms with E-state index in [-0.39, 0.29) is 34.2 Å². The van der Waals surface area contributed by atoms with E-state index in [2.05, 4.69) is 10.2 Å². The Kier molecular flexibility index (Phi) is 7.45. The highest BCUT2D eigenvalue weighted by Crippen LogP contribution is 2.34. The Morgan fingerprint density at radius 3 is 2.38 bits per heavy atom. The Bertz CT molecular complexity index is 1560. The van der Waals surface area contributed by atoms with Gasteiger partial charge in [-0.15, -0.1) is 0 Å². The van der Waals surface area contributed by atoms with Gasteiger partial charge in [0.2, 0.25) is 0 Å². The molecule has 0 radical (unpaired) electrons.